The largest absolute Gasteiger partial charge is 0.393 e. The molecule has 3 unspecified atom stereocenters. The van der Waals surface area contributed by atoms with E-state index in [1.54, 1.807) is 12.1 Å². The van der Waals surface area contributed by atoms with Crippen LogP contribution in [0.4, 0.5) is 4.39 Å². The Morgan fingerprint density at radius 3 is 2.68 bits per heavy atom. The van der Waals surface area contributed by atoms with Crippen molar-refractivity contribution in [1.29, 1.82) is 0 Å². The summed E-state index contributed by atoms with van der Waals surface area (Å²) in [7, 11) is 0. The number of hydrogen-bond acceptors (Lipinski definition) is 3. The number of piperidine rings is 1. The van der Waals surface area contributed by atoms with Crippen molar-refractivity contribution in [2.24, 2.45) is 5.92 Å². The highest BCUT2D eigenvalue weighted by Gasteiger charge is 2.24. The number of aliphatic hydroxyl groups excluding tert-OH is 2. The first-order valence-corrected chi connectivity index (χ1v) is 6.90. The van der Waals surface area contributed by atoms with Gasteiger partial charge in [0.2, 0.25) is 0 Å². The smallest absolute Gasteiger partial charge is 0.123 e. The summed E-state index contributed by atoms with van der Waals surface area (Å²) in [6.45, 7) is 4.60. The van der Waals surface area contributed by atoms with Crippen molar-refractivity contribution in [1.82, 2.24) is 4.90 Å². The molecule has 1 aliphatic rings. The topological polar surface area (TPSA) is 43.7 Å². The molecule has 1 heterocycles. The fraction of sp³-hybridized carbons (Fsp3) is 0.600. The van der Waals surface area contributed by atoms with Gasteiger partial charge in [-0.25, -0.2) is 4.39 Å². The Hall–Kier alpha value is -0.970. The van der Waals surface area contributed by atoms with Crippen molar-refractivity contribution in [2.45, 2.75) is 32.0 Å². The lowest BCUT2D eigenvalue weighted by Gasteiger charge is -2.34. The molecular weight excluding hydrogens is 245 g/mol. The van der Waals surface area contributed by atoms with Gasteiger partial charge in [0.05, 0.1) is 12.2 Å². The lowest BCUT2D eigenvalue weighted by atomic mass is 9.96. The van der Waals surface area contributed by atoms with E-state index in [9.17, 15) is 14.6 Å². The zero-order valence-corrected chi connectivity index (χ0v) is 11.3. The number of aliphatic hydroxyl groups is 2. The Morgan fingerprint density at radius 1 is 1.37 bits per heavy atom. The monoisotopic (exact) mass is 267 g/mol. The molecule has 0 saturated carbocycles. The van der Waals surface area contributed by atoms with Gasteiger partial charge in [-0.1, -0.05) is 19.1 Å². The summed E-state index contributed by atoms with van der Waals surface area (Å²) in [5, 5.41) is 19.7. The predicted molar refractivity (Wildman–Crippen MR) is 72.2 cm³/mol. The Labute approximate surface area is 113 Å². The van der Waals surface area contributed by atoms with Crippen LogP contribution in [-0.4, -0.2) is 40.9 Å². The molecule has 4 heteroatoms. The van der Waals surface area contributed by atoms with Crippen LogP contribution in [0.5, 0.6) is 0 Å². The summed E-state index contributed by atoms with van der Waals surface area (Å²) in [6, 6.07) is 6.00. The fourth-order valence-electron chi connectivity index (χ4n) is 2.58. The minimum absolute atomic E-state index is 0.196. The van der Waals surface area contributed by atoms with Crippen LogP contribution in [0.2, 0.25) is 0 Å². The molecule has 2 rings (SSSR count). The third-order valence-corrected chi connectivity index (χ3v) is 3.92. The van der Waals surface area contributed by atoms with Crippen molar-refractivity contribution < 1.29 is 14.6 Å². The molecule has 1 aliphatic heterocycles. The van der Waals surface area contributed by atoms with Gasteiger partial charge in [0, 0.05) is 19.6 Å². The van der Waals surface area contributed by atoms with Crippen LogP contribution in [0.25, 0.3) is 0 Å². The first kappa shape index (κ1) is 14.4. The maximum atomic E-state index is 12.8. The van der Waals surface area contributed by atoms with Crippen LogP contribution in [0.15, 0.2) is 24.3 Å². The number of nitrogens with zero attached hydrogens (tertiary/aromatic N) is 1. The molecule has 0 radical (unpaired) electrons. The van der Waals surface area contributed by atoms with Crippen LogP contribution < -0.4 is 0 Å². The van der Waals surface area contributed by atoms with Gasteiger partial charge in [0.1, 0.15) is 5.82 Å². The first-order valence-electron chi connectivity index (χ1n) is 6.90. The molecule has 106 valence electrons. The van der Waals surface area contributed by atoms with E-state index < -0.39 is 6.10 Å². The molecule has 0 aliphatic carbocycles. The lowest BCUT2D eigenvalue weighted by molar-refractivity contribution is 0.0288. The number of halogens is 1. The second-order valence-corrected chi connectivity index (χ2v) is 5.49. The Bertz CT molecular complexity index is 396. The third kappa shape index (κ3) is 4.00. The van der Waals surface area contributed by atoms with Crippen molar-refractivity contribution in [2.75, 3.05) is 19.6 Å². The number of benzene rings is 1. The highest BCUT2D eigenvalue weighted by atomic mass is 19.1. The Morgan fingerprint density at radius 2 is 2.05 bits per heavy atom. The minimum atomic E-state index is -0.553. The number of hydrogen-bond donors (Lipinski definition) is 2. The molecule has 1 aromatic rings. The third-order valence-electron chi connectivity index (χ3n) is 3.92. The second-order valence-electron chi connectivity index (χ2n) is 5.49. The van der Waals surface area contributed by atoms with Gasteiger partial charge in [-0.2, -0.15) is 0 Å². The van der Waals surface area contributed by atoms with Crippen LogP contribution in [0.3, 0.4) is 0 Å². The van der Waals surface area contributed by atoms with Crippen molar-refractivity contribution in [3.63, 3.8) is 0 Å². The van der Waals surface area contributed by atoms with Crippen LogP contribution >= 0.6 is 0 Å². The van der Waals surface area contributed by atoms with Gasteiger partial charge in [0.25, 0.3) is 0 Å². The average molecular weight is 267 g/mol. The normalized spacial score (nSPS) is 26.3. The quantitative estimate of drug-likeness (QED) is 0.876. The van der Waals surface area contributed by atoms with Crippen molar-refractivity contribution in [3.05, 3.63) is 35.6 Å². The van der Waals surface area contributed by atoms with E-state index in [1.165, 1.54) is 12.1 Å². The molecule has 0 amide bonds. The number of rotatable bonds is 4. The van der Waals surface area contributed by atoms with Gasteiger partial charge in [-0.3, -0.25) is 0 Å². The molecule has 0 spiro atoms. The summed E-state index contributed by atoms with van der Waals surface area (Å²) in [4.78, 5) is 2.27. The van der Waals surface area contributed by atoms with Gasteiger partial charge in [-0.15, -0.1) is 0 Å². The summed E-state index contributed by atoms with van der Waals surface area (Å²) in [6.07, 6.45) is 0.684. The Balaban J connectivity index is 1.80. The number of likely N-dealkylation sites (tertiary alicyclic amines) is 1. The molecular formula is C15H22FNO2. The highest BCUT2D eigenvalue weighted by molar-refractivity contribution is 5.18. The summed E-state index contributed by atoms with van der Waals surface area (Å²) < 4.78 is 12.8. The lowest BCUT2D eigenvalue weighted by Crippen LogP contribution is -2.42. The van der Waals surface area contributed by atoms with Gasteiger partial charge in [0.15, 0.2) is 0 Å². The van der Waals surface area contributed by atoms with E-state index >= 15 is 0 Å². The molecule has 19 heavy (non-hydrogen) atoms. The molecule has 1 aromatic carbocycles. The standard InChI is InChI=1S/C15H22FNO2/c1-11-10-17(8-6-14(11)18)9-7-15(19)12-2-4-13(16)5-3-12/h2-5,11,14-15,18-19H,6-10H2,1H3. The fourth-order valence-corrected chi connectivity index (χ4v) is 2.58. The van der Waals surface area contributed by atoms with Gasteiger partial charge in [-0.05, 0) is 36.5 Å². The van der Waals surface area contributed by atoms with Crippen LogP contribution in [-0.2, 0) is 0 Å². The molecule has 1 saturated heterocycles. The molecule has 3 atom stereocenters. The van der Waals surface area contributed by atoms with Crippen molar-refractivity contribution in [3.8, 4) is 0 Å². The summed E-state index contributed by atoms with van der Waals surface area (Å²) in [5.41, 5.74) is 0.756. The molecule has 0 aromatic heterocycles. The van der Waals surface area contributed by atoms with Gasteiger partial charge < -0.3 is 15.1 Å². The van der Waals surface area contributed by atoms with E-state index in [0.717, 1.165) is 31.6 Å². The zero-order valence-electron chi connectivity index (χ0n) is 11.3. The van der Waals surface area contributed by atoms with E-state index in [4.69, 9.17) is 0 Å². The molecule has 3 nitrogen and oxygen atoms in total. The summed E-state index contributed by atoms with van der Waals surface area (Å²) in [5.74, 6) is 0.00602. The van der Waals surface area contributed by atoms with E-state index in [2.05, 4.69) is 4.90 Å². The molecule has 2 N–H and O–H groups in total. The van der Waals surface area contributed by atoms with Crippen molar-refractivity contribution >= 4 is 0 Å². The minimum Gasteiger partial charge on any atom is -0.393 e. The van der Waals surface area contributed by atoms with Gasteiger partial charge >= 0.3 is 0 Å². The maximum Gasteiger partial charge on any atom is 0.123 e. The first-order chi connectivity index (χ1) is 9.06. The Kier molecular flexibility index (Phi) is 4.91. The van der Waals surface area contributed by atoms with E-state index in [0.29, 0.717) is 6.42 Å². The van der Waals surface area contributed by atoms with E-state index in [1.807, 2.05) is 6.92 Å². The highest BCUT2D eigenvalue weighted by Crippen LogP contribution is 2.20. The average Bonchev–Trinajstić information content (AvgIpc) is 2.40. The molecule has 1 fully saturated rings. The molecule has 0 bridgehead atoms. The predicted octanol–water partition coefficient (Wildman–Crippen LogP) is 1.95. The summed E-state index contributed by atoms with van der Waals surface area (Å²) >= 11 is 0. The zero-order chi connectivity index (χ0) is 13.8. The SMILES string of the molecule is CC1CN(CCC(O)c2ccc(F)cc2)CCC1O. The maximum absolute atomic E-state index is 12.8. The second kappa shape index (κ2) is 6.46. The van der Waals surface area contributed by atoms with Crippen LogP contribution in [0.1, 0.15) is 31.4 Å². The van der Waals surface area contributed by atoms with E-state index in [-0.39, 0.29) is 17.8 Å². The van der Waals surface area contributed by atoms with Crippen LogP contribution in [0, 0.1) is 11.7 Å².